The van der Waals surface area contributed by atoms with Gasteiger partial charge < -0.3 is 15.3 Å². The molecule has 1 heterocycles. The number of carbonyl (C=O) groups excluding carboxylic acids is 1. The Balaban J connectivity index is 1.69. The minimum atomic E-state index is -1.01. The zero-order valence-electron chi connectivity index (χ0n) is 12.9. The van der Waals surface area contributed by atoms with Gasteiger partial charge in [0.2, 0.25) is 5.91 Å². The van der Waals surface area contributed by atoms with Gasteiger partial charge in [-0.3, -0.25) is 14.5 Å². The van der Waals surface area contributed by atoms with Gasteiger partial charge in [0, 0.05) is 44.8 Å². The van der Waals surface area contributed by atoms with Crippen LogP contribution in [0.5, 0.6) is 0 Å². The second-order valence-corrected chi connectivity index (χ2v) is 5.54. The van der Waals surface area contributed by atoms with Crippen LogP contribution in [0.3, 0.4) is 0 Å². The molecule has 0 spiro atoms. The maximum absolute atomic E-state index is 11.7. The number of carboxylic acids is 1. The number of anilines is 1. The number of carbonyl (C=O) groups is 2. The van der Waals surface area contributed by atoms with Crippen molar-refractivity contribution in [2.45, 2.75) is 19.4 Å². The number of carboxylic acid groups (broad SMARTS) is 1. The fourth-order valence-electron chi connectivity index (χ4n) is 2.50. The van der Waals surface area contributed by atoms with E-state index in [1.165, 1.54) is 12.6 Å². The van der Waals surface area contributed by atoms with Crippen LogP contribution in [0.2, 0.25) is 0 Å². The van der Waals surface area contributed by atoms with Crippen molar-refractivity contribution in [3.8, 4) is 0 Å². The topological polar surface area (TPSA) is 72.9 Å². The van der Waals surface area contributed by atoms with Crippen molar-refractivity contribution >= 4 is 17.6 Å². The molecular weight excluding hydrogens is 282 g/mol. The predicted octanol–water partition coefficient (Wildman–Crippen LogP) is 0.788. The van der Waals surface area contributed by atoms with E-state index in [0.717, 1.165) is 26.2 Å². The van der Waals surface area contributed by atoms with Crippen molar-refractivity contribution < 1.29 is 14.7 Å². The van der Waals surface area contributed by atoms with E-state index in [0.29, 0.717) is 13.0 Å². The van der Waals surface area contributed by atoms with Crippen LogP contribution >= 0.6 is 0 Å². The van der Waals surface area contributed by atoms with Crippen LogP contribution in [0.4, 0.5) is 5.69 Å². The van der Waals surface area contributed by atoms with Gasteiger partial charge in [0.25, 0.3) is 0 Å². The van der Waals surface area contributed by atoms with Gasteiger partial charge in [0.1, 0.15) is 6.04 Å². The van der Waals surface area contributed by atoms with Gasteiger partial charge in [-0.25, -0.2) is 0 Å². The summed E-state index contributed by atoms with van der Waals surface area (Å²) < 4.78 is 0. The van der Waals surface area contributed by atoms with Crippen LogP contribution < -0.4 is 10.2 Å². The van der Waals surface area contributed by atoms with Crippen LogP contribution in [0.1, 0.15) is 13.3 Å². The molecule has 0 aromatic heterocycles. The molecule has 0 bridgehead atoms. The third-order valence-corrected chi connectivity index (χ3v) is 3.90. The van der Waals surface area contributed by atoms with Gasteiger partial charge in [0.15, 0.2) is 0 Å². The van der Waals surface area contributed by atoms with E-state index in [9.17, 15) is 9.59 Å². The number of benzene rings is 1. The molecule has 1 fully saturated rings. The molecule has 6 nitrogen and oxygen atoms in total. The van der Waals surface area contributed by atoms with Crippen molar-refractivity contribution in [1.29, 1.82) is 0 Å². The van der Waals surface area contributed by atoms with E-state index >= 15 is 0 Å². The van der Waals surface area contributed by atoms with E-state index < -0.39 is 12.0 Å². The smallest absolute Gasteiger partial charge is 0.325 e. The maximum atomic E-state index is 11.7. The van der Waals surface area contributed by atoms with Crippen LogP contribution in [0, 0.1) is 0 Å². The average Bonchev–Trinajstić information content (AvgIpc) is 2.54. The molecule has 0 radical (unpaired) electrons. The molecule has 2 N–H and O–H groups in total. The SMILES string of the molecule is C[C@H](NC(=O)CCN1CCN(c2ccccc2)CC1)C(=O)O. The molecule has 0 unspecified atom stereocenters. The van der Waals surface area contributed by atoms with Crippen LogP contribution in [-0.2, 0) is 9.59 Å². The molecule has 1 aromatic rings. The Morgan fingerprint density at radius 1 is 1.18 bits per heavy atom. The number of aliphatic carboxylic acids is 1. The Morgan fingerprint density at radius 3 is 2.41 bits per heavy atom. The molecule has 2 rings (SSSR count). The summed E-state index contributed by atoms with van der Waals surface area (Å²) in [6.07, 6.45) is 0.336. The standard InChI is InChI=1S/C16H23N3O3/c1-13(16(21)22)17-15(20)7-8-18-9-11-19(12-10-18)14-5-3-2-4-6-14/h2-6,13H,7-12H2,1H3,(H,17,20)(H,21,22)/t13-/m0/s1. The van der Waals surface area contributed by atoms with E-state index in [1.54, 1.807) is 0 Å². The number of amides is 1. The lowest BCUT2D eigenvalue weighted by Gasteiger charge is -2.36. The van der Waals surface area contributed by atoms with Crippen molar-refractivity contribution in [2.24, 2.45) is 0 Å². The van der Waals surface area contributed by atoms with Gasteiger partial charge in [-0.05, 0) is 19.1 Å². The second-order valence-electron chi connectivity index (χ2n) is 5.54. The first-order valence-electron chi connectivity index (χ1n) is 7.61. The third kappa shape index (κ3) is 4.73. The lowest BCUT2D eigenvalue weighted by Crippen LogP contribution is -2.47. The number of hydrogen-bond acceptors (Lipinski definition) is 4. The number of nitrogens with one attached hydrogen (secondary N) is 1. The fraction of sp³-hybridized carbons (Fsp3) is 0.500. The number of para-hydroxylation sites is 1. The summed E-state index contributed by atoms with van der Waals surface area (Å²) in [7, 11) is 0. The molecule has 1 saturated heterocycles. The number of hydrogen-bond donors (Lipinski definition) is 2. The maximum Gasteiger partial charge on any atom is 0.325 e. The minimum absolute atomic E-state index is 0.208. The largest absolute Gasteiger partial charge is 0.480 e. The second kappa shape index (κ2) is 7.79. The molecule has 0 saturated carbocycles. The molecule has 1 aromatic carbocycles. The Labute approximate surface area is 130 Å². The molecule has 1 amide bonds. The predicted molar refractivity (Wildman–Crippen MR) is 85.0 cm³/mol. The molecule has 0 aliphatic carbocycles. The monoisotopic (exact) mass is 305 g/mol. The molecular formula is C16H23N3O3. The van der Waals surface area contributed by atoms with Gasteiger partial charge in [0.05, 0.1) is 0 Å². The molecule has 22 heavy (non-hydrogen) atoms. The van der Waals surface area contributed by atoms with Crippen molar-refractivity contribution in [2.75, 3.05) is 37.6 Å². The summed E-state index contributed by atoms with van der Waals surface area (Å²) in [6.45, 7) is 5.85. The average molecular weight is 305 g/mol. The van der Waals surface area contributed by atoms with E-state index in [1.807, 2.05) is 18.2 Å². The number of rotatable bonds is 6. The summed E-state index contributed by atoms with van der Waals surface area (Å²) in [4.78, 5) is 26.9. The van der Waals surface area contributed by atoms with Gasteiger partial charge in [-0.15, -0.1) is 0 Å². The summed E-state index contributed by atoms with van der Waals surface area (Å²) >= 11 is 0. The Morgan fingerprint density at radius 2 is 1.82 bits per heavy atom. The summed E-state index contributed by atoms with van der Waals surface area (Å²) in [5, 5.41) is 11.2. The normalized spacial score (nSPS) is 17.0. The van der Waals surface area contributed by atoms with Gasteiger partial charge >= 0.3 is 5.97 Å². The molecule has 6 heteroatoms. The van der Waals surface area contributed by atoms with Crippen LogP contribution in [0.25, 0.3) is 0 Å². The summed E-state index contributed by atoms with van der Waals surface area (Å²) in [5.74, 6) is -1.22. The molecule has 1 aliphatic rings. The quantitative estimate of drug-likeness (QED) is 0.813. The minimum Gasteiger partial charge on any atom is -0.480 e. The summed E-state index contributed by atoms with van der Waals surface area (Å²) in [5.41, 5.74) is 1.23. The number of piperazine rings is 1. The van der Waals surface area contributed by atoms with E-state index in [-0.39, 0.29) is 5.91 Å². The Kier molecular flexibility index (Phi) is 5.77. The first-order valence-corrected chi connectivity index (χ1v) is 7.61. The highest BCUT2D eigenvalue weighted by Gasteiger charge is 2.19. The highest BCUT2D eigenvalue weighted by atomic mass is 16.4. The summed E-state index contributed by atoms with van der Waals surface area (Å²) in [6, 6.07) is 9.47. The fourth-order valence-corrected chi connectivity index (χ4v) is 2.50. The Hall–Kier alpha value is -2.08. The highest BCUT2D eigenvalue weighted by molar-refractivity contribution is 5.83. The number of nitrogens with zero attached hydrogens (tertiary/aromatic N) is 2. The van der Waals surface area contributed by atoms with E-state index in [2.05, 4.69) is 27.2 Å². The third-order valence-electron chi connectivity index (χ3n) is 3.90. The zero-order valence-corrected chi connectivity index (χ0v) is 12.9. The molecule has 1 atom stereocenters. The Bertz CT molecular complexity index is 499. The van der Waals surface area contributed by atoms with Crippen LogP contribution in [-0.4, -0.2) is 60.6 Å². The lowest BCUT2D eigenvalue weighted by atomic mass is 10.2. The lowest BCUT2D eigenvalue weighted by molar-refractivity contribution is -0.141. The first kappa shape index (κ1) is 16.3. The highest BCUT2D eigenvalue weighted by Crippen LogP contribution is 2.15. The van der Waals surface area contributed by atoms with Gasteiger partial charge in [-0.2, -0.15) is 0 Å². The van der Waals surface area contributed by atoms with Crippen molar-refractivity contribution in [3.05, 3.63) is 30.3 Å². The van der Waals surface area contributed by atoms with Crippen molar-refractivity contribution in [1.82, 2.24) is 10.2 Å². The van der Waals surface area contributed by atoms with Crippen molar-refractivity contribution in [3.63, 3.8) is 0 Å². The van der Waals surface area contributed by atoms with Crippen LogP contribution in [0.15, 0.2) is 30.3 Å². The molecule has 120 valence electrons. The first-order chi connectivity index (χ1) is 10.6. The van der Waals surface area contributed by atoms with E-state index in [4.69, 9.17) is 5.11 Å². The molecule has 1 aliphatic heterocycles. The zero-order chi connectivity index (χ0) is 15.9. The van der Waals surface area contributed by atoms with Gasteiger partial charge in [-0.1, -0.05) is 18.2 Å².